The van der Waals surface area contributed by atoms with Gasteiger partial charge in [0.15, 0.2) is 0 Å². The van der Waals surface area contributed by atoms with Gasteiger partial charge in [0.25, 0.3) is 0 Å². The first-order valence-electron chi connectivity index (χ1n) is 7.23. The fourth-order valence-corrected chi connectivity index (χ4v) is 2.65. The summed E-state index contributed by atoms with van der Waals surface area (Å²) in [7, 11) is 0. The van der Waals surface area contributed by atoms with E-state index in [4.69, 9.17) is 0 Å². The summed E-state index contributed by atoms with van der Waals surface area (Å²) in [5.41, 5.74) is 0.706. The van der Waals surface area contributed by atoms with Crippen molar-refractivity contribution in [2.75, 3.05) is 11.9 Å². The molecular weight excluding hydrogens is 334 g/mol. The molecule has 0 aliphatic heterocycles. The van der Waals surface area contributed by atoms with Crippen LogP contribution in [0.3, 0.4) is 0 Å². The number of hydrogen-bond donors (Lipinski definition) is 3. The molecule has 0 spiro atoms. The van der Waals surface area contributed by atoms with Crippen LogP contribution in [0.5, 0.6) is 0 Å². The second-order valence-electron chi connectivity index (χ2n) is 5.22. The smallest absolute Gasteiger partial charge is 0.315 e. The van der Waals surface area contributed by atoms with E-state index in [9.17, 15) is 9.59 Å². The lowest BCUT2D eigenvalue weighted by atomic mass is 9.96. The maximum absolute atomic E-state index is 11.7. The number of urea groups is 1. The first-order valence-corrected chi connectivity index (χ1v) is 8.02. The summed E-state index contributed by atoms with van der Waals surface area (Å²) in [5, 5.41) is 8.23. The number of carbonyl (C=O) groups excluding carboxylic acids is 2. The predicted octanol–water partition coefficient (Wildman–Crippen LogP) is 3.02. The SMILES string of the molecule is O=C(CNC(=O)NC1CCCCC1)Nc1ccc(Br)cc1. The number of nitrogens with one attached hydrogen (secondary N) is 3. The fourth-order valence-electron chi connectivity index (χ4n) is 2.38. The molecule has 1 saturated carbocycles. The van der Waals surface area contributed by atoms with E-state index in [1.807, 2.05) is 12.1 Å². The molecule has 5 nitrogen and oxygen atoms in total. The van der Waals surface area contributed by atoms with Gasteiger partial charge in [0.1, 0.15) is 0 Å². The third-order valence-corrected chi connectivity index (χ3v) is 4.01. The van der Waals surface area contributed by atoms with Crippen LogP contribution in [0.4, 0.5) is 10.5 Å². The lowest BCUT2D eigenvalue weighted by molar-refractivity contribution is -0.115. The van der Waals surface area contributed by atoms with Crippen molar-refractivity contribution >= 4 is 33.6 Å². The van der Waals surface area contributed by atoms with Crippen molar-refractivity contribution in [2.45, 2.75) is 38.1 Å². The van der Waals surface area contributed by atoms with E-state index in [1.54, 1.807) is 12.1 Å². The normalized spacial score (nSPS) is 15.3. The van der Waals surface area contributed by atoms with E-state index in [0.29, 0.717) is 5.69 Å². The lowest BCUT2D eigenvalue weighted by Crippen LogP contribution is -2.45. The van der Waals surface area contributed by atoms with E-state index in [-0.39, 0.29) is 24.5 Å². The van der Waals surface area contributed by atoms with Crippen LogP contribution >= 0.6 is 15.9 Å². The maximum atomic E-state index is 11.7. The molecule has 3 amide bonds. The summed E-state index contributed by atoms with van der Waals surface area (Å²) in [6.07, 6.45) is 5.62. The number of hydrogen-bond acceptors (Lipinski definition) is 2. The quantitative estimate of drug-likeness (QED) is 0.778. The zero-order valence-corrected chi connectivity index (χ0v) is 13.4. The van der Waals surface area contributed by atoms with Crippen molar-refractivity contribution < 1.29 is 9.59 Å². The van der Waals surface area contributed by atoms with Crippen LogP contribution in [0, 0.1) is 0 Å². The average molecular weight is 354 g/mol. The van der Waals surface area contributed by atoms with Gasteiger partial charge in [-0.05, 0) is 37.1 Å². The summed E-state index contributed by atoms with van der Waals surface area (Å²) in [5.74, 6) is -0.240. The van der Waals surface area contributed by atoms with E-state index < -0.39 is 0 Å². The molecule has 3 N–H and O–H groups in total. The Morgan fingerprint density at radius 1 is 1.10 bits per heavy atom. The highest BCUT2D eigenvalue weighted by molar-refractivity contribution is 9.10. The molecule has 0 saturated heterocycles. The molecule has 1 aliphatic rings. The first kappa shape index (κ1) is 15.8. The zero-order valence-electron chi connectivity index (χ0n) is 11.8. The van der Waals surface area contributed by atoms with Crippen LogP contribution < -0.4 is 16.0 Å². The van der Waals surface area contributed by atoms with Gasteiger partial charge in [-0.25, -0.2) is 4.79 Å². The number of amides is 3. The number of anilines is 1. The van der Waals surface area contributed by atoms with Gasteiger partial charge in [-0.1, -0.05) is 35.2 Å². The molecule has 2 rings (SSSR count). The molecule has 0 radical (unpaired) electrons. The van der Waals surface area contributed by atoms with Crippen molar-refractivity contribution in [2.24, 2.45) is 0 Å². The molecule has 6 heteroatoms. The van der Waals surface area contributed by atoms with Gasteiger partial charge in [-0.3, -0.25) is 4.79 Å². The predicted molar refractivity (Wildman–Crippen MR) is 86.2 cm³/mol. The summed E-state index contributed by atoms with van der Waals surface area (Å²) >= 11 is 3.33. The largest absolute Gasteiger partial charge is 0.335 e. The first-order chi connectivity index (χ1) is 10.1. The summed E-state index contributed by atoms with van der Waals surface area (Å²) in [4.78, 5) is 23.4. The maximum Gasteiger partial charge on any atom is 0.315 e. The van der Waals surface area contributed by atoms with Crippen LogP contribution in [0.2, 0.25) is 0 Å². The lowest BCUT2D eigenvalue weighted by Gasteiger charge is -2.22. The molecule has 0 atom stereocenters. The minimum Gasteiger partial charge on any atom is -0.335 e. The van der Waals surface area contributed by atoms with Crippen LogP contribution in [-0.4, -0.2) is 24.5 Å². The second-order valence-corrected chi connectivity index (χ2v) is 6.13. The molecule has 1 fully saturated rings. The highest BCUT2D eigenvalue weighted by atomic mass is 79.9. The number of rotatable bonds is 4. The molecule has 1 aromatic rings. The standard InChI is InChI=1S/C15H20BrN3O2/c16-11-6-8-13(9-7-11)18-14(20)10-17-15(21)19-12-4-2-1-3-5-12/h6-9,12H,1-5,10H2,(H,18,20)(H2,17,19,21). The average Bonchev–Trinajstić information content (AvgIpc) is 2.49. The molecule has 0 unspecified atom stereocenters. The Morgan fingerprint density at radius 2 is 1.76 bits per heavy atom. The summed E-state index contributed by atoms with van der Waals surface area (Å²) < 4.78 is 0.950. The summed E-state index contributed by atoms with van der Waals surface area (Å²) in [6, 6.07) is 7.26. The number of carbonyl (C=O) groups is 2. The van der Waals surface area contributed by atoms with E-state index in [1.165, 1.54) is 6.42 Å². The Morgan fingerprint density at radius 3 is 2.43 bits per heavy atom. The van der Waals surface area contributed by atoms with Gasteiger partial charge in [0.05, 0.1) is 6.54 Å². The van der Waals surface area contributed by atoms with Crippen LogP contribution in [0.1, 0.15) is 32.1 Å². The molecule has 1 aliphatic carbocycles. The van der Waals surface area contributed by atoms with Gasteiger partial charge in [0.2, 0.25) is 5.91 Å². The Labute approximate surface area is 133 Å². The molecule has 0 bridgehead atoms. The van der Waals surface area contributed by atoms with Gasteiger partial charge in [0, 0.05) is 16.2 Å². The Kier molecular flexibility index (Phi) is 6.04. The van der Waals surface area contributed by atoms with Gasteiger partial charge >= 0.3 is 6.03 Å². The van der Waals surface area contributed by atoms with Crippen molar-refractivity contribution in [3.63, 3.8) is 0 Å². The minimum absolute atomic E-state index is 0.0331. The molecule has 114 valence electrons. The van der Waals surface area contributed by atoms with E-state index >= 15 is 0 Å². The number of halogens is 1. The van der Waals surface area contributed by atoms with Crippen LogP contribution in [-0.2, 0) is 4.79 Å². The molecular formula is C15H20BrN3O2. The Hall–Kier alpha value is -1.56. The van der Waals surface area contributed by atoms with Crippen molar-refractivity contribution in [3.8, 4) is 0 Å². The van der Waals surface area contributed by atoms with Crippen molar-refractivity contribution in [1.82, 2.24) is 10.6 Å². The molecule has 21 heavy (non-hydrogen) atoms. The Bertz CT molecular complexity index is 484. The zero-order chi connectivity index (χ0) is 15.1. The van der Waals surface area contributed by atoms with E-state index in [2.05, 4.69) is 31.9 Å². The van der Waals surface area contributed by atoms with Crippen LogP contribution in [0.25, 0.3) is 0 Å². The van der Waals surface area contributed by atoms with Crippen LogP contribution in [0.15, 0.2) is 28.7 Å². The second kappa shape index (κ2) is 8.02. The topological polar surface area (TPSA) is 70.2 Å². The fraction of sp³-hybridized carbons (Fsp3) is 0.467. The van der Waals surface area contributed by atoms with Crippen molar-refractivity contribution in [3.05, 3.63) is 28.7 Å². The van der Waals surface area contributed by atoms with E-state index in [0.717, 1.165) is 30.2 Å². The van der Waals surface area contributed by atoms with Gasteiger partial charge in [-0.2, -0.15) is 0 Å². The minimum atomic E-state index is -0.271. The number of benzene rings is 1. The Balaban J connectivity index is 1.68. The summed E-state index contributed by atoms with van der Waals surface area (Å²) in [6.45, 7) is -0.0331. The highest BCUT2D eigenvalue weighted by Crippen LogP contribution is 2.17. The monoisotopic (exact) mass is 353 g/mol. The third-order valence-electron chi connectivity index (χ3n) is 3.48. The molecule has 0 heterocycles. The third kappa shape index (κ3) is 5.75. The highest BCUT2D eigenvalue weighted by Gasteiger charge is 2.15. The van der Waals surface area contributed by atoms with Crippen molar-refractivity contribution in [1.29, 1.82) is 0 Å². The molecule has 0 aromatic heterocycles. The van der Waals surface area contributed by atoms with Gasteiger partial charge < -0.3 is 16.0 Å². The van der Waals surface area contributed by atoms with Gasteiger partial charge in [-0.15, -0.1) is 0 Å². The molecule has 1 aromatic carbocycles.